The lowest BCUT2D eigenvalue weighted by Crippen LogP contribution is -1.97. The molecule has 0 unspecified atom stereocenters. The van der Waals surface area contributed by atoms with Gasteiger partial charge in [-0.3, -0.25) is 0 Å². The minimum atomic E-state index is -0.263. The highest BCUT2D eigenvalue weighted by atomic mass is 28.3. The second-order valence-electron chi connectivity index (χ2n) is 15.0. The van der Waals surface area contributed by atoms with Gasteiger partial charge in [0.15, 0.2) is 0 Å². The average molecular weight is 625 g/mol. The molecule has 42 heavy (non-hydrogen) atoms. The Kier molecular flexibility index (Phi) is 44.0. The van der Waals surface area contributed by atoms with Crippen molar-refractivity contribution in [1.29, 1.82) is 0 Å². The molecule has 0 aromatic carbocycles. The summed E-state index contributed by atoms with van der Waals surface area (Å²) >= 11 is 0. The second-order valence-corrected chi connectivity index (χ2v) is 21.7. The van der Waals surface area contributed by atoms with E-state index in [-0.39, 0.29) is 17.6 Å². The SMILES string of the molecule is CCCCCCCCCCCCCCCCCC[SiH](C)C.CCCCCCCCCCCCCCCCCC[SiH](C)C. The van der Waals surface area contributed by atoms with Crippen LogP contribution >= 0.6 is 0 Å². The number of hydrogen-bond acceptors (Lipinski definition) is 0. The van der Waals surface area contributed by atoms with Crippen LogP contribution in [0.1, 0.15) is 219 Å². The standard InChI is InChI=1S/2C20H44Si/c2*1-4-5-6-7-8-9-10-11-12-13-14-15-16-17-18-19-20-21(2)3/h2*21H,4-20H2,1-3H3. The van der Waals surface area contributed by atoms with Gasteiger partial charge < -0.3 is 0 Å². The van der Waals surface area contributed by atoms with Crippen LogP contribution in [0.4, 0.5) is 0 Å². The highest BCUT2D eigenvalue weighted by Gasteiger charge is 1.98. The van der Waals surface area contributed by atoms with Gasteiger partial charge in [0.2, 0.25) is 0 Å². The molecule has 0 amide bonds. The molecule has 0 aromatic rings. The predicted molar refractivity (Wildman–Crippen MR) is 206 cm³/mol. The third kappa shape index (κ3) is 47.4. The molecule has 0 atom stereocenters. The smallest absolute Gasteiger partial charge is 0.0305 e. The first-order valence-corrected chi connectivity index (χ1v) is 26.8. The summed E-state index contributed by atoms with van der Waals surface area (Å²) in [6.45, 7) is 14.5. The Hall–Kier alpha value is 0.434. The summed E-state index contributed by atoms with van der Waals surface area (Å²) in [7, 11) is -0.527. The molecule has 0 nitrogen and oxygen atoms in total. The molecule has 0 fully saturated rings. The lowest BCUT2D eigenvalue weighted by molar-refractivity contribution is 0.531. The summed E-state index contributed by atoms with van der Waals surface area (Å²) in [6, 6.07) is 3.14. The fourth-order valence-corrected chi connectivity index (χ4v) is 8.41. The van der Waals surface area contributed by atoms with Crippen molar-refractivity contribution in [3.63, 3.8) is 0 Å². The van der Waals surface area contributed by atoms with Gasteiger partial charge in [0.05, 0.1) is 0 Å². The van der Waals surface area contributed by atoms with E-state index in [1.165, 1.54) is 205 Å². The largest absolute Gasteiger partial charge is 0.0722 e. The maximum Gasteiger partial charge on any atom is 0.0305 e. The van der Waals surface area contributed by atoms with E-state index in [1.54, 1.807) is 12.1 Å². The van der Waals surface area contributed by atoms with Crippen molar-refractivity contribution >= 4 is 17.6 Å². The van der Waals surface area contributed by atoms with Gasteiger partial charge in [-0.15, -0.1) is 0 Å². The van der Waals surface area contributed by atoms with Crippen LogP contribution in [0.3, 0.4) is 0 Å². The highest BCUT2D eigenvalue weighted by Crippen LogP contribution is 2.16. The summed E-state index contributed by atoms with van der Waals surface area (Å²) in [5, 5.41) is 0. The van der Waals surface area contributed by atoms with Crippen LogP contribution < -0.4 is 0 Å². The van der Waals surface area contributed by atoms with Crippen molar-refractivity contribution in [2.24, 2.45) is 0 Å². The lowest BCUT2D eigenvalue weighted by atomic mass is 10.0. The third-order valence-electron chi connectivity index (χ3n) is 9.27. The minimum absolute atomic E-state index is 0.263. The zero-order valence-corrected chi connectivity index (χ0v) is 33.5. The first-order chi connectivity index (χ1) is 20.5. The van der Waals surface area contributed by atoms with E-state index in [0.717, 1.165) is 0 Å². The summed E-state index contributed by atoms with van der Waals surface area (Å²) < 4.78 is 0. The number of unbranched alkanes of at least 4 members (excludes halogenated alkanes) is 30. The first kappa shape index (κ1) is 44.6. The summed E-state index contributed by atoms with van der Waals surface area (Å²) in [5.41, 5.74) is 0. The summed E-state index contributed by atoms with van der Waals surface area (Å²) in [5.74, 6) is 0. The van der Waals surface area contributed by atoms with E-state index in [0.29, 0.717) is 0 Å². The van der Waals surface area contributed by atoms with E-state index < -0.39 is 0 Å². The third-order valence-corrected chi connectivity index (χ3v) is 12.4. The maximum atomic E-state index is 2.48. The molecule has 256 valence electrons. The quantitative estimate of drug-likeness (QED) is 0.0493. The second kappa shape index (κ2) is 41.4. The van der Waals surface area contributed by atoms with Gasteiger partial charge >= 0.3 is 0 Å². The molecule has 0 saturated heterocycles. The molecule has 0 aliphatic carbocycles. The van der Waals surface area contributed by atoms with Crippen LogP contribution in [0.5, 0.6) is 0 Å². The molecule has 0 aliphatic rings. The molecule has 0 saturated carbocycles. The average Bonchev–Trinajstić information content (AvgIpc) is 2.97. The van der Waals surface area contributed by atoms with Crippen LogP contribution in [-0.4, -0.2) is 17.6 Å². The van der Waals surface area contributed by atoms with Gasteiger partial charge in [-0.05, 0) is 0 Å². The predicted octanol–water partition coefficient (Wildman–Crippen LogP) is 15.5. The molecule has 0 N–H and O–H groups in total. The van der Waals surface area contributed by atoms with Crippen LogP contribution in [0.2, 0.25) is 38.3 Å². The molecule has 0 rings (SSSR count). The van der Waals surface area contributed by atoms with Gasteiger partial charge in [0.1, 0.15) is 0 Å². The Labute approximate surface area is 274 Å². The number of hydrogen-bond donors (Lipinski definition) is 0. The Bertz CT molecular complexity index is 393. The molecule has 0 spiro atoms. The van der Waals surface area contributed by atoms with Crippen molar-refractivity contribution in [3.05, 3.63) is 0 Å². The van der Waals surface area contributed by atoms with E-state index in [1.807, 2.05) is 0 Å². The summed E-state index contributed by atoms with van der Waals surface area (Å²) in [4.78, 5) is 0. The monoisotopic (exact) mass is 625 g/mol. The molecule has 0 aromatic heterocycles. The Balaban J connectivity index is 0. The van der Waals surface area contributed by atoms with Gasteiger partial charge in [-0.25, -0.2) is 0 Å². The van der Waals surface area contributed by atoms with E-state index >= 15 is 0 Å². The Morgan fingerprint density at radius 2 is 0.357 bits per heavy atom. The normalized spacial score (nSPS) is 11.4. The summed E-state index contributed by atoms with van der Waals surface area (Å²) in [6.07, 6.45) is 47.4. The van der Waals surface area contributed by atoms with Crippen LogP contribution in [0, 0.1) is 0 Å². The maximum absolute atomic E-state index is 2.48. The zero-order chi connectivity index (χ0) is 31.2. The van der Waals surface area contributed by atoms with Crippen LogP contribution in [0.15, 0.2) is 0 Å². The van der Waals surface area contributed by atoms with E-state index in [9.17, 15) is 0 Å². The molecule has 0 heterocycles. The molecule has 0 bridgehead atoms. The van der Waals surface area contributed by atoms with Crippen molar-refractivity contribution in [3.8, 4) is 0 Å². The van der Waals surface area contributed by atoms with Gasteiger partial charge in [0.25, 0.3) is 0 Å². The Morgan fingerprint density at radius 3 is 0.500 bits per heavy atom. The zero-order valence-electron chi connectivity index (χ0n) is 31.2. The lowest BCUT2D eigenvalue weighted by Gasteiger charge is -2.04. The highest BCUT2D eigenvalue weighted by molar-refractivity contribution is 6.55. The van der Waals surface area contributed by atoms with Gasteiger partial charge in [0, 0.05) is 17.6 Å². The van der Waals surface area contributed by atoms with Crippen molar-refractivity contribution in [1.82, 2.24) is 0 Å². The molecular formula is C40H88Si2. The van der Waals surface area contributed by atoms with Crippen LogP contribution in [0.25, 0.3) is 0 Å². The molecular weight excluding hydrogens is 537 g/mol. The Morgan fingerprint density at radius 1 is 0.214 bits per heavy atom. The topological polar surface area (TPSA) is 0 Å². The minimum Gasteiger partial charge on any atom is -0.0722 e. The van der Waals surface area contributed by atoms with Crippen molar-refractivity contribution in [2.75, 3.05) is 0 Å². The molecule has 2 heteroatoms. The van der Waals surface area contributed by atoms with Crippen molar-refractivity contribution < 1.29 is 0 Å². The molecule has 0 radical (unpaired) electrons. The fraction of sp³-hybridized carbons (Fsp3) is 1.00. The fourth-order valence-electron chi connectivity index (χ4n) is 6.20. The van der Waals surface area contributed by atoms with Gasteiger partial charge in [-0.1, -0.05) is 258 Å². The molecule has 0 aliphatic heterocycles. The van der Waals surface area contributed by atoms with Crippen molar-refractivity contribution in [2.45, 2.75) is 258 Å². The number of rotatable bonds is 34. The van der Waals surface area contributed by atoms with Gasteiger partial charge in [-0.2, -0.15) is 0 Å². The first-order valence-electron chi connectivity index (χ1n) is 20.5. The van der Waals surface area contributed by atoms with Crippen LogP contribution in [-0.2, 0) is 0 Å². The van der Waals surface area contributed by atoms with E-state index in [2.05, 4.69) is 40.0 Å². The van der Waals surface area contributed by atoms with E-state index in [4.69, 9.17) is 0 Å².